The van der Waals surface area contributed by atoms with Crippen molar-refractivity contribution >= 4 is 21.8 Å². The normalized spacial score (nSPS) is 10.4. The summed E-state index contributed by atoms with van der Waals surface area (Å²) in [7, 11) is 1.87. The van der Waals surface area contributed by atoms with Gasteiger partial charge in [0.1, 0.15) is 0 Å². The predicted molar refractivity (Wildman–Crippen MR) is 75.7 cm³/mol. The maximum absolute atomic E-state index is 11.9. The Labute approximate surface area is 112 Å². The fourth-order valence-corrected chi connectivity index (χ4v) is 1.90. The summed E-state index contributed by atoms with van der Waals surface area (Å²) < 4.78 is 0. The van der Waals surface area contributed by atoms with Gasteiger partial charge in [0.25, 0.3) is 0 Å². The molecular weight excluding hydrogens is 278 g/mol. The second-order valence-electron chi connectivity index (χ2n) is 4.45. The molecule has 0 fully saturated rings. The van der Waals surface area contributed by atoms with Gasteiger partial charge in [-0.2, -0.15) is 0 Å². The van der Waals surface area contributed by atoms with E-state index in [1.165, 1.54) is 11.1 Å². The molecule has 17 heavy (non-hydrogen) atoms. The zero-order chi connectivity index (χ0) is 12.8. The number of rotatable bonds is 5. The van der Waals surface area contributed by atoms with E-state index in [1.807, 2.05) is 13.1 Å². The second-order valence-corrected chi connectivity index (χ2v) is 5.25. The van der Waals surface area contributed by atoms with Crippen molar-refractivity contribution in [2.75, 3.05) is 18.9 Å². The molecule has 3 heteroatoms. The summed E-state index contributed by atoms with van der Waals surface area (Å²) in [6, 6.07) is 6.22. The molecule has 2 nitrogen and oxygen atoms in total. The van der Waals surface area contributed by atoms with E-state index in [-0.39, 0.29) is 5.91 Å². The van der Waals surface area contributed by atoms with Crippen LogP contribution in [0.2, 0.25) is 0 Å². The van der Waals surface area contributed by atoms with Gasteiger partial charge in [-0.15, -0.1) is 0 Å². The summed E-state index contributed by atoms with van der Waals surface area (Å²) in [5, 5.41) is 0.939. The van der Waals surface area contributed by atoms with E-state index in [0.717, 1.165) is 23.9 Å². The molecule has 0 saturated carbocycles. The summed E-state index contributed by atoms with van der Waals surface area (Å²) in [6.45, 7) is 4.98. The van der Waals surface area contributed by atoms with Gasteiger partial charge >= 0.3 is 0 Å². The summed E-state index contributed by atoms with van der Waals surface area (Å²) in [4.78, 5) is 13.7. The monoisotopic (exact) mass is 297 g/mol. The summed E-state index contributed by atoms with van der Waals surface area (Å²) in [5.74, 6) is 0.189. The third-order valence-electron chi connectivity index (χ3n) is 2.98. The molecule has 0 radical (unpaired) electrons. The number of halogens is 1. The molecule has 0 unspecified atom stereocenters. The Morgan fingerprint density at radius 1 is 1.29 bits per heavy atom. The van der Waals surface area contributed by atoms with Crippen LogP contribution in [0, 0.1) is 13.8 Å². The SMILES string of the molecule is Cc1ccc(CC(=O)N(C)CCCBr)cc1C. The van der Waals surface area contributed by atoms with E-state index in [4.69, 9.17) is 0 Å². The first kappa shape index (κ1) is 14.2. The quantitative estimate of drug-likeness (QED) is 0.765. The molecule has 0 N–H and O–H groups in total. The number of hydrogen-bond donors (Lipinski definition) is 0. The minimum atomic E-state index is 0.189. The van der Waals surface area contributed by atoms with Gasteiger partial charge in [0.05, 0.1) is 6.42 Å². The predicted octanol–water partition coefficient (Wildman–Crippen LogP) is 3.09. The van der Waals surface area contributed by atoms with Crippen molar-refractivity contribution in [1.82, 2.24) is 4.90 Å². The van der Waals surface area contributed by atoms with E-state index >= 15 is 0 Å². The zero-order valence-corrected chi connectivity index (χ0v) is 12.4. The molecule has 0 spiro atoms. The first-order chi connectivity index (χ1) is 8.04. The Balaban J connectivity index is 2.58. The van der Waals surface area contributed by atoms with Gasteiger partial charge in [-0.05, 0) is 37.0 Å². The summed E-state index contributed by atoms with van der Waals surface area (Å²) in [5.41, 5.74) is 3.62. The highest BCUT2D eigenvalue weighted by Crippen LogP contribution is 2.11. The van der Waals surface area contributed by atoms with Crippen LogP contribution in [-0.4, -0.2) is 29.7 Å². The van der Waals surface area contributed by atoms with Gasteiger partial charge in [-0.1, -0.05) is 34.1 Å². The van der Waals surface area contributed by atoms with Gasteiger partial charge in [0.15, 0.2) is 0 Å². The number of alkyl halides is 1. The molecule has 0 aromatic heterocycles. The molecule has 0 aliphatic heterocycles. The molecule has 0 aliphatic rings. The minimum absolute atomic E-state index is 0.189. The molecular formula is C14H20BrNO. The Kier molecular flexibility index (Phi) is 5.69. The third kappa shape index (κ3) is 4.50. The Morgan fingerprint density at radius 2 is 2.00 bits per heavy atom. The highest BCUT2D eigenvalue weighted by molar-refractivity contribution is 9.09. The van der Waals surface area contributed by atoms with Gasteiger partial charge in [0, 0.05) is 18.9 Å². The van der Waals surface area contributed by atoms with E-state index in [9.17, 15) is 4.79 Å². The van der Waals surface area contributed by atoms with Gasteiger partial charge in [-0.3, -0.25) is 4.79 Å². The van der Waals surface area contributed by atoms with Crippen LogP contribution in [0.3, 0.4) is 0 Å². The molecule has 0 heterocycles. The molecule has 1 rings (SSSR count). The van der Waals surface area contributed by atoms with Crippen molar-refractivity contribution in [3.8, 4) is 0 Å². The fourth-order valence-electron chi connectivity index (χ4n) is 1.64. The Hall–Kier alpha value is -0.830. The maximum atomic E-state index is 11.9. The topological polar surface area (TPSA) is 20.3 Å². The molecule has 94 valence electrons. The van der Waals surface area contributed by atoms with Crippen LogP contribution >= 0.6 is 15.9 Å². The van der Waals surface area contributed by atoms with Crippen LogP contribution in [0.5, 0.6) is 0 Å². The lowest BCUT2D eigenvalue weighted by Gasteiger charge is -2.16. The van der Waals surface area contributed by atoms with Crippen LogP contribution in [0.25, 0.3) is 0 Å². The third-order valence-corrected chi connectivity index (χ3v) is 3.54. The van der Waals surface area contributed by atoms with Gasteiger partial charge < -0.3 is 4.90 Å². The highest BCUT2D eigenvalue weighted by atomic mass is 79.9. The molecule has 1 amide bonds. The van der Waals surface area contributed by atoms with Crippen molar-refractivity contribution in [3.63, 3.8) is 0 Å². The largest absolute Gasteiger partial charge is 0.345 e. The first-order valence-corrected chi connectivity index (χ1v) is 7.03. The van der Waals surface area contributed by atoms with Crippen molar-refractivity contribution in [2.45, 2.75) is 26.7 Å². The second kappa shape index (κ2) is 6.80. The lowest BCUT2D eigenvalue weighted by molar-refractivity contribution is -0.129. The van der Waals surface area contributed by atoms with Gasteiger partial charge in [0.2, 0.25) is 5.91 Å². The summed E-state index contributed by atoms with van der Waals surface area (Å²) >= 11 is 3.37. The van der Waals surface area contributed by atoms with Crippen molar-refractivity contribution in [1.29, 1.82) is 0 Å². The van der Waals surface area contributed by atoms with Crippen LogP contribution in [0.4, 0.5) is 0 Å². The number of hydrogen-bond acceptors (Lipinski definition) is 1. The average Bonchev–Trinajstić information content (AvgIpc) is 2.30. The highest BCUT2D eigenvalue weighted by Gasteiger charge is 2.09. The fraction of sp³-hybridized carbons (Fsp3) is 0.500. The lowest BCUT2D eigenvalue weighted by atomic mass is 10.0. The molecule has 0 aliphatic carbocycles. The minimum Gasteiger partial charge on any atom is -0.345 e. The van der Waals surface area contributed by atoms with Crippen molar-refractivity contribution in [2.24, 2.45) is 0 Å². The van der Waals surface area contributed by atoms with E-state index in [2.05, 4.69) is 41.9 Å². The maximum Gasteiger partial charge on any atom is 0.226 e. The summed E-state index contributed by atoms with van der Waals surface area (Å²) in [6.07, 6.45) is 1.50. The van der Waals surface area contributed by atoms with E-state index in [1.54, 1.807) is 4.90 Å². The number of carbonyl (C=O) groups is 1. The standard InChI is InChI=1S/C14H20BrNO/c1-11-5-6-13(9-12(11)2)10-14(17)16(3)8-4-7-15/h5-6,9H,4,7-8,10H2,1-3H3. The van der Waals surface area contributed by atoms with Gasteiger partial charge in [-0.25, -0.2) is 0 Å². The first-order valence-electron chi connectivity index (χ1n) is 5.90. The number of nitrogens with zero attached hydrogens (tertiary/aromatic N) is 1. The average molecular weight is 298 g/mol. The van der Waals surface area contributed by atoms with Crippen LogP contribution in [0.15, 0.2) is 18.2 Å². The van der Waals surface area contributed by atoms with Crippen molar-refractivity contribution < 1.29 is 4.79 Å². The zero-order valence-electron chi connectivity index (χ0n) is 10.8. The number of carbonyl (C=O) groups excluding carboxylic acids is 1. The molecule has 1 aromatic carbocycles. The van der Waals surface area contributed by atoms with Crippen LogP contribution in [0.1, 0.15) is 23.1 Å². The molecule has 1 aromatic rings. The lowest BCUT2D eigenvalue weighted by Crippen LogP contribution is -2.29. The van der Waals surface area contributed by atoms with Crippen molar-refractivity contribution in [3.05, 3.63) is 34.9 Å². The molecule has 0 bridgehead atoms. The Bertz CT molecular complexity index is 390. The number of benzene rings is 1. The number of amides is 1. The molecule has 0 atom stereocenters. The van der Waals surface area contributed by atoms with Crippen LogP contribution in [-0.2, 0) is 11.2 Å². The molecule has 0 saturated heterocycles. The Morgan fingerprint density at radius 3 is 2.59 bits per heavy atom. The van der Waals surface area contributed by atoms with Crippen LogP contribution < -0.4 is 0 Å². The number of likely N-dealkylation sites (N-methyl/N-ethyl adjacent to an activating group) is 1. The smallest absolute Gasteiger partial charge is 0.226 e. The van der Waals surface area contributed by atoms with E-state index < -0.39 is 0 Å². The van der Waals surface area contributed by atoms with E-state index in [0.29, 0.717) is 6.42 Å². The number of aryl methyl sites for hydroxylation is 2.